The van der Waals surface area contributed by atoms with Crippen molar-refractivity contribution >= 4 is 29.1 Å². The van der Waals surface area contributed by atoms with Crippen molar-refractivity contribution in [3.8, 4) is 0 Å². The molecular weight excluding hydrogens is 340 g/mol. The highest BCUT2D eigenvalue weighted by molar-refractivity contribution is 7.10. The summed E-state index contributed by atoms with van der Waals surface area (Å²) in [4.78, 5) is 35.9. The smallest absolute Gasteiger partial charge is 0.307 e. The molecule has 25 heavy (non-hydrogen) atoms. The molecule has 0 saturated carbocycles. The normalized spacial score (nSPS) is 11.4. The molecule has 0 aliphatic rings. The Balaban J connectivity index is 2.04. The number of carbonyl (C=O) groups is 3. The maximum Gasteiger partial charge on any atom is 0.307 e. The van der Waals surface area contributed by atoms with Gasteiger partial charge in [0.1, 0.15) is 0 Å². The fourth-order valence-corrected chi connectivity index (χ4v) is 2.98. The van der Waals surface area contributed by atoms with Crippen molar-refractivity contribution < 1.29 is 19.1 Å². The lowest BCUT2D eigenvalue weighted by atomic mass is 10.1. The molecule has 2 N–H and O–H groups in total. The van der Waals surface area contributed by atoms with Gasteiger partial charge in [0.15, 0.2) is 0 Å². The number of hydrogen-bond acceptors (Lipinski definition) is 5. The first-order valence-electron chi connectivity index (χ1n) is 7.74. The van der Waals surface area contributed by atoms with Crippen LogP contribution in [0.3, 0.4) is 0 Å². The predicted octanol–water partition coefficient (Wildman–Crippen LogP) is 2.42. The third-order valence-corrected chi connectivity index (χ3v) is 4.53. The van der Waals surface area contributed by atoms with E-state index in [1.807, 2.05) is 17.5 Å². The second kappa shape index (κ2) is 8.98. The van der Waals surface area contributed by atoms with Crippen molar-refractivity contribution in [1.82, 2.24) is 10.6 Å². The number of methoxy groups -OCH3 is 1. The topological polar surface area (TPSA) is 84.5 Å². The summed E-state index contributed by atoms with van der Waals surface area (Å²) >= 11 is 1.47. The largest absolute Gasteiger partial charge is 0.469 e. The van der Waals surface area contributed by atoms with Gasteiger partial charge in [-0.3, -0.25) is 14.4 Å². The number of amides is 2. The molecule has 1 aromatic carbocycles. The van der Waals surface area contributed by atoms with E-state index < -0.39 is 6.04 Å². The fourth-order valence-electron chi connectivity index (χ4n) is 2.20. The summed E-state index contributed by atoms with van der Waals surface area (Å²) in [5.41, 5.74) is 1.38. The van der Waals surface area contributed by atoms with Crippen molar-refractivity contribution in [2.24, 2.45) is 0 Å². The number of nitrogens with one attached hydrogen (secondary N) is 2. The average Bonchev–Trinajstić information content (AvgIpc) is 3.14. The molecule has 0 aliphatic carbocycles. The van der Waals surface area contributed by atoms with Gasteiger partial charge < -0.3 is 15.4 Å². The Bertz CT molecular complexity index is 726. The second-order valence-electron chi connectivity index (χ2n) is 5.43. The third kappa shape index (κ3) is 5.72. The lowest BCUT2D eigenvalue weighted by Gasteiger charge is -2.16. The lowest BCUT2D eigenvalue weighted by molar-refractivity contribution is -0.141. The Morgan fingerprint density at radius 3 is 2.44 bits per heavy atom. The van der Waals surface area contributed by atoms with Crippen LogP contribution in [-0.2, 0) is 20.9 Å². The molecule has 0 aliphatic heterocycles. The number of thiophene rings is 1. The van der Waals surface area contributed by atoms with Gasteiger partial charge in [0.05, 0.1) is 19.6 Å². The zero-order valence-corrected chi connectivity index (χ0v) is 14.9. The lowest BCUT2D eigenvalue weighted by Crippen LogP contribution is -2.30. The van der Waals surface area contributed by atoms with Gasteiger partial charge in [-0.25, -0.2) is 0 Å². The van der Waals surface area contributed by atoms with Gasteiger partial charge in [0, 0.05) is 23.9 Å². The highest BCUT2D eigenvalue weighted by Crippen LogP contribution is 2.23. The van der Waals surface area contributed by atoms with Crippen LogP contribution in [0.15, 0.2) is 41.8 Å². The summed E-state index contributed by atoms with van der Waals surface area (Å²) in [6.45, 7) is 1.87. The van der Waals surface area contributed by atoms with E-state index >= 15 is 0 Å². The van der Waals surface area contributed by atoms with Gasteiger partial charge in [0.2, 0.25) is 5.91 Å². The Morgan fingerprint density at radius 2 is 1.88 bits per heavy atom. The van der Waals surface area contributed by atoms with Gasteiger partial charge >= 0.3 is 5.97 Å². The summed E-state index contributed by atoms with van der Waals surface area (Å²) in [5, 5.41) is 7.46. The van der Waals surface area contributed by atoms with E-state index in [9.17, 15) is 14.4 Å². The first kappa shape index (κ1) is 18.7. The van der Waals surface area contributed by atoms with E-state index in [2.05, 4.69) is 10.6 Å². The molecule has 132 valence electrons. The van der Waals surface area contributed by atoms with E-state index in [0.29, 0.717) is 12.1 Å². The van der Waals surface area contributed by atoms with Crippen LogP contribution in [0.5, 0.6) is 0 Å². The predicted molar refractivity (Wildman–Crippen MR) is 95.1 cm³/mol. The van der Waals surface area contributed by atoms with E-state index in [-0.39, 0.29) is 24.2 Å². The number of carbonyl (C=O) groups excluding carboxylic acids is 3. The first-order valence-corrected chi connectivity index (χ1v) is 8.62. The Labute approximate surface area is 150 Å². The molecule has 1 aromatic heterocycles. The van der Waals surface area contributed by atoms with Crippen LogP contribution in [0.25, 0.3) is 0 Å². The average molecular weight is 360 g/mol. The van der Waals surface area contributed by atoms with Gasteiger partial charge in [0.25, 0.3) is 5.91 Å². The van der Waals surface area contributed by atoms with Crippen LogP contribution >= 0.6 is 11.3 Å². The minimum atomic E-state index is -0.431. The summed E-state index contributed by atoms with van der Waals surface area (Å²) in [7, 11) is 1.32. The summed E-state index contributed by atoms with van der Waals surface area (Å²) < 4.78 is 4.71. The van der Waals surface area contributed by atoms with E-state index in [1.165, 1.54) is 25.4 Å². The van der Waals surface area contributed by atoms with Gasteiger partial charge in [-0.2, -0.15) is 0 Å². The summed E-state index contributed by atoms with van der Waals surface area (Å²) in [6.07, 6.45) is 0.0728. The molecule has 0 saturated heterocycles. The van der Waals surface area contributed by atoms with Crippen LogP contribution in [0.2, 0.25) is 0 Å². The van der Waals surface area contributed by atoms with Gasteiger partial charge in [-0.1, -0.05) is 18.2 Å². The van der Waals surface area contributed by atoms with Crippen molar-refractivity contribution in [3.63, 3.8) is 0 Å². The van der Waals surface area contributed by atoms with E-state index in [4.69, 9.17) is 4.74 Å². The maximum atomic E-state index is 12.5. The molecule has 2 rings (SSSR count). The number of esters is 1. The minimum Gasteiger partial charge on any atom is -0.469 e. The summed E-state index contributed by atoms with van der Waals surface area (Å²) in [6, 6.07) is 10.3. The zero-order chi connectivity index (χ0) is 18.2. The molecular formula is C18H20N2O4S. The molecule has 1 heterocycles. The van der Waals surface area contributed by atoms with Crippen molar-refractivity contribution in [2.45, 2.75) is 25.9 Å². The quantitative estimate of drug-likeness (QED) is 0.743. The second-order valence-corrected chi connectivity index (χ2v) is 6.41. The minimum absolute atomic E-state index is 0.0728. The van der Waals surface area contributed by atoms with Gasteiger partial charge in [-0.05, 0) is 29.1 Å². The Hall–Kier alpha value is -2.67. The molecule has 0 fully saturated rings. The molecule has 0 bridgehead atoms. The molecule has 6 nitrogen and oxygen atoms in total. The van der Waals surface area contributed by atoms with Crippen LogP contribution < -0.4 is 10.6 Å². The fraction of sp³-hybridized carbons (Fsp3) is 0.278. The Kier molecular flexibility index (Phi) is 6.71. The maximum absolute atomic E-state index is 12.5. The van der Waals surface area contributed by atoms with Crippen LogP contribution in [-0.4, -0.2) is 24.9 Å². The zero-order valence-electron chi connectivity index (χ0n) is 14.1. The summed E-state index contributed by atoms with van der Waals surface area (Å²) in [5.74, 6) is -0.763. The van der Waals surface area contributed by atoms with Crippen LogP contribution in [0.1, 0.15) is 40.2 Å². The van der Waals surface area contributed by atoms with Crippen LogP contribution in [0.4, 0.5) is 0 Å². The molecule has 2 aromatic rings. The number of ether oxygens (including phenoxy) is 1. The van der Waals surface area contributed by atoms with E-state index in [1.54, 1.807) is 24.3 Å². The van der Waals surface area contributed by atoms with Gasteiger partial charge in [-0.15, -0.1) is 11.3 Å². The highest BCUT2D eigenvalue weighted by atomic mass is 32.1. The van der Waals surface area contributed by atoms with E-state index in [0.717, 1.165) is 10.4 Å². The SMILES string of the molecule is COC(=O)CC(NC(=O)c1ccc(CNC(C)=O)cc1)c1cccs1. The first-order chi connectivity index (χ1) is 12.0. The molecule has 1 atom stereocenters. The molecule has 0 radical (unpaired) electrons. The van der Waals surface area contributed by atoms with Crippen molar-refractivity contribution in [3.05, 3.63) is 57.8 Å². The molecule has 0 spiro atoms. The standard InChI is InChI=1S/C18H20N2O4S/c1-12(21)19-11-13-5-7-14(8-6-13)18(23)20-15(10-17(22)24-2)16-4-3-9-25-16/h3-9,15H,10-11H2,1-2H3,(H,19,21)(H,20,23). The molecule has 1 unspecified atom stereocenters. The van der Waals surface area contributed by atoms with Crippen LogP contribution in [0, 0.1) is 0 Å². The van der Waals surface area contributed by atoms with Crippen molar-refractivity contribution in [2.75, 3.05) is 7.11 Å². The van der Waals surface area contributed by atoms with Crippen molar-refractivity contribution in [1.29, 1.82) is 0 Å². The Morgan fingerprint density at radius 1 is 1.16 bits per heavy atom. The third-order valence-electron chi connectivity index (χ3n) is 3.55. The monoisotopic (exact) mass is 360 g/mol. The molecule has 2 amide bonds. The number of benzene rings is 1. The number of hydrogen-bond donors (Lipinski definition) is 2. The number of rotatable bonds is 7. The highest BCUT2D eigenvalue weighted by Gasteiger charge is 2.20. The molecule has 7 heteroatoms.